The number of ether oxygens (including phenoxy) is 1. The second-order valence-electron chi connectivity index (χ2n) is 3.85. The lowest BCUT2D eigenvalue weighted by molar-refractivity contribution is -0.130. The summed E-state index contributed by atoms with van der Waals surface area (Å²) >= 11 is 0. The molecule has 0 aliphatic heterocycles. The van der Waals surface area contributed by atoms with E-state index in [4.69, 9.17) is 9.84 Å². The largest absolute Gasteiger partial charge is 0.489 e. The van der Waals surface area contributed by atoms with E-state index in [-0.39, 0.29) is 0 Å². The number of aliphatic carboxylic acids is 1. The van der Waals surface area contributed by atoms with Crippen molar-refractivity contribution >= 4 is 5.97 Å². The summed E-state index contributed by atoms with van der Waals surface area (Å²) in [6.07, 6.45) is 0. The average molecular weight is 252 g/mol. The molecule has 0 bridgehead atoms. The van der Waals surface area contributed by atoms with Gasteiger partial charge in [-0.05, 0) is 29.8 Å². The molecule has 0 saturated carbocycles. The molecule has 0 aliphatic carbocycles. The highest BCUT2D eigenvalue weighted by atomic mass is 16.5. The molecule has 19 heavy (non-hydrogen) atoms. The Bertz CT molecular complexity index is 604. The summed E-state index contributed by atoms with van der Waals surface area (Å²) < 4.78 is 5.61. The average Bonchev–Trinajstić information content (AvgIpc) is 2.45. The van der Waals surface area contributed by atoms with Gasteiger partial charge in [-0.2, -0.15) is 0 Å². The Morgan fingerprint density at radius 2 is 1.74 bits per heavy atom. The Labute approximate surface area is 111 Å². The minimum Gasteiger partial charge on any atom is -0.489 e. The predicted molar refractivity (Wildman–Crippen MR) is 71.7 cm³/mol. The van der Waals surface area contributed by atoms with Crippen LogP contribution in [0.5, 0.6) is 5.75 Å². The van der Waals surface area contributed by atoms with Crippen molar-refractivity contribution in [3.8, 4) is 17.6 Å². The third-order valence-electron chi connectivity index (χ3n) is 2.42. The molecule has 94 valence electrons. The normalized spacial score (nSPS) is 9.26. The molecule has 3 heteroatoms. The van der Waals surface area contributed by atoms with Gasteiger partial charge in [-0.25, -0.2) is 4.79 Å². The van der Waals surface area contributed by atoms with Crippen LogP contribution in [0.3, 0.4) is 0 Å². The van der Waals surface area contributed by atoms with Crippen molar-refractivity contribution in [2.75, 3.05) is 0 Å². The molecule has 0 aromatic heterocycles. The van der Waals surface area contributed by atoms with Crippen LogP contribution in [0.15, 0.2) is 54.6 Å². The van der Waals surface area contributed by atoms with E-state index >= 15 is 0 Å². The van der Waals surface area contributed by atoms with Crippen LogP contribution in [-0.2, 0) is 11.4 Å². The zero-order valence-electron chi connectivity index (χ0n) is 10.2. The van der Waals surface area contributed by atoms with Crippen molar-refractivity contribution < 1.29 is 14.6 Å². The van der Waals surface area contributed by atoms with Gasteiger partial charge in [0.05, 0.1) is 0 Å². The van der Waals surface area contributed by atoms with E-state index in [1.807, 2.05) is 30.3 Å². The Balaban J connectivity index is 1.96. The molecule has 0 spiro atoms. The molecule has 0 fully saturated rings. The Kier molecular flexibility index (Phi) is 4.20. The first-order valence-electron chi connectivity index (χ1n) is 5.76. The number of carbonyl (C=O) groups is 1. The molecule has 0 heterocycles. The van der Waals surface area contributed by atoms with Crippen LogP contribution in [0.25, 0.3) is 0 Å². The summed E-state index contributed by atoms with van der Waals surface area (Å²) in [7, 11) is 0. The van der Waals surface area contributed by atoms with Crippen molar-refractivity contribution in [1.82, 2.24) is 0 Å². The molecular weight excluding hydrogens is 240 g/mol. The number of carboxylic acids is 1. The minimum absolute atomic E-state index is 0.501. The first-order chi connectivity index (χ1) is 9.24. The van der Waals surface area contributed by atoms with Gasteiger partial charge in [0, 0.05) is 11.5 Å². The summed E-state index contributed by atoms with van der Waals surface area (Å²) in [6, 6.07) is 16.9. The fraction of sp³-hybridized carbons (Fsp3) is 0.0625. The summed E-state index contributed by atoms with van der Waals surface area (Å²) in [4.78, 5) is 10.3. The molecule has 0 aliphatic rings. The van der Waals surface area contributed by atoms with Gasteiger partial charge < -0.3 is 9.84 Å². The quantitative estimate of drug-likeness (QED) is 0.854. The van der Waals surface area contributed by atoms with Crippen LogP contribution >= 0.6 is 0 Å². The van der Waals surface area contributed by atoms with Gasteiger partial charge in [-0.15, -0.1) is 0 Å². The van der Waals surface area contributed by atoms with Gasteiger partial charge in [0.1, 0.15) is 12.4 Å². The lowest BCUT2D eigenvalue weighted by Crippen LogP contribution is -1.94. The van der Waals surface area contributed by atoms with Gasteiger partial charge in [0.15, 0.2) is 0 Å². The van der Waals surface area contributed by atoms with Crippen LogP contribution in [-0.4, -0.2) is 11.1 Å². The fourth-order valence-electron chi connectivity index (χ4n) is 1.50. The molecule has 3 nitrogen and oxygen atoms in total. The molecule has 2 rings (SSSR count). The zero-order chi connectivity index (χ0) is 13.5. The third kappa shape index (κ3) is 4.21. The number of benzene rings is 2. The highest BCUT2D eigenvalue weighted by Gasteiger charge is 1.95. The predicted octanol–water partition coefficient (Wildman–Crippen LogP) is 2.70. The molecule has 2 aromatic rings. The van der Waals surface area contributed by atoms with Gasteiger partial charge in [-0.1, -0.05) is 36.3 Å². The summed E-state index contributed by atoms with van der Waals surface area (Å²) in [5.41, 5.74) is 1.74. The smallest absolute Gasteiger partial charge is 0.382 e. The summed E-state index contributed by atoms with van der Waals surface area (Å²) in [5.74, 6) is 4.20. The van der Waals surface area contributed by atoms with Gasteiger partial charge >= 0.3 is 5.97 Å². The molecule has 1 N–H and O–H groups in total. The number of hydrogen-bond acceptors (Lipinski definition) is 2. The van der Waals surface area contributed by atoms with Crippen molar-refractivity contribution in [3.05, 3.63) is 65.7 Å². The highest BCUT2D eigenvalue weighted by molar-refractivity contribution is 5.87. The maximum Gasteiger partial charge on any atom is 0.382 e. The van der Waals surface area contributed by atoms with Crippen LogP contribution in [0, 0.1) is 11.8 Å². The summed E-state index contributed by atoms with van der Waals surface area (Å²) in [5, 5.41) is 8.44. The Morgan fingerprint density at radius 3 is 2.37 bits per heavy atom. The van der Waals surface area contributed by atoms with E-state index in [2.05, 4.69) is 11.8 Å². The molecule has 0 unspecified atom stereocenters. The topological polar surface area (TPSA) is 46.5 Å². The SMILES string of the molecule is O=C(O)C#Cc1ccc(OCc2ccccc2)cc1. The number of rotatable bonds is 3. The van der Waals surface area contributed by atoms with Crippen LogP contribution in [0.4, 0.5) is 0 Å². The van der Waals surface area contributed by atoms with Gasteiger partial charge in [-0.3, -0.25) is 0 Å². The van der Waals surface area contributed by atoms with Gasteiger partial charge in [0.25, 0.3) is 0 Å². The van der Waals surface area contributed by atoms with Crippen molar-refractivity contribution in [3.63, 3.8) is 0 Å². The van der Waals surface area contributed by atoms with Crippen molar-refractivity contribution in [1.29, 1.82) is 0 Å². The zero-order valence-corrected chi connectivity index (χ0v) is 10.2. The van der Waals surface area contributed by atoms with Crippen molar-refractivity contribution in [2.45, 2.75) is 6.61 Å². The standard InChI is InChI=1S/C16H12O3/c17-16(18)11-8-13-6-9-15(10-7-13)19-12-14-4-2-1-3-5-14/h1-7,9-10H,12H2,(H,17,18). The lowest BCUT2D eigenvalue weighted by Gasteiger charge is -2.05. The number of hydrogen-bond donors (Lipinski definition) is 1. The molecular formula is C16H12O3. The van der Waals surface area contributed by atoms with Crippen LogP contribution in [0.2, 0.25) is 0 Å². The first-order valence-corrected chi connectivity index (χ1v) is 5.76. The molecule has 2 aromatic carbocycles. The van der Waals surface area contributed by atoms with E-state index in [1.54, 1.807) is 24.3 Å². The van der Waals surface area contributed by atoms with E-state index in [9.17, 15) is 4.79 Å². The van der Waals surface area contributed by atoms with E-state index in [0.29, 0.717) is 12.2 Å². The molecule has 0 saturated heterocycles. The minimum atomic E-state index is -1.13. The molecule has 0 amide bonds. The van der Waals surface area contributed by atoms with E-state index in [0.717, 1.165) is 11.3 Å². The monoisotopic (exact) mass is 252 g/mol. The summed E-state index contributed by atoms with van der Waals surface area (Å²) in [6.45, 7) is 0.501. The Morgan fingerprint density at radius 1 is 1.05 bits per heavy atom. The van der Waals surface area contributed by atoms with Crippen LogP contribution < -0.4 is 4.74 Å². The fourth-order valence-corrected chi connectivity index (χ4v) is 1.50. The molecule has 0 atom stereocenters. The Hall–Kier alpha value is -2.73. The van der Waals surface area contributed by atoms with Gasteiger partial charge in [0.2, 0.25) is 0 Å². The van der Waals surface area contributed by atoms with E-state index in [1.165, 1.54) is 0 Å². The maximum absolute atomic E-state index is 10.3. The number of carboxylic acid groups (broad SMARTS) is 1. The third-order valence-corrected chi connectivity index (χ3v) is 2.42. The second-order valence-corrected chi connectivity index (χ2v) is 3.85. The van der Waals surface area contributed by atoms with Crippen molar-refractivity contribution in [2.24, 2.45) is 0 Å². The molecule has 0 radical (unpaired) electrons. The van der Waals surface area contributed by atoms with Crippen LogP contribution in [0.1, 0.15) is 11.1 Å². The highest BCUT2D eigenvalue weighted by Crippen LogP contribution is 2.13. The van der Waals surface area contributed by atoms with E-state index < -0.39 is 5.97 Å². The first kappa shape index (κ1) is 12.7. The second kappa shape index (κ2) is 6.27. The maximum atomic E-state index is 10.3. The lowest BCUT2D eigenvalue weighted by atomic mass is 10.2.